The first kappa shape index (κ1) is 13.7. The number of amides is 1. The molecule has 0 saturated heterocycles. The number of carbonyl (C=O) groups excluding carboxylic acids is 1. The molecule has 0 aromatic heterocycles. The molecule has 2 rings (SSSR count). The minimum absolute atomic E-state index is 0.247. The van der Waals surface area contributed by atoms with Crippen molar-refractivity contribution in [2.75, 3.05) is 12.8 Å². The van der Waals surface area contributed by atoms with Crippen LogP contribution in [-0.2, 0) is 6.54 Å². The Kier molecular flexibility index (Phi) is 3.79. The number of carbonyl (C=O) groups is 1. The summed E-state index contributed by atoms with van der Waals surface area (Å²) in [6.45, 7) is 0.408. The summed E-state index contributed by atoms with van der Waals surface area (Å²) in [6.07, 6.45) is 0. The van der Waals surface area contributed by atoms with Crippen LogP contribution in [0.2, 0.25) is 0 Å². The average Bonchev–Trinajstić information content (AvgIpc) is 2.41. The Bertz CT molecular complexity index is 641. The second kappa shape index (κ2) is 5.52. The van der Waals surface area contributed by atoms with Gasteiger partial charge < -0.3 is 20.8 Å². The van der Waals surface area contributed by atoms with Gasteiger partial charge in [0.1, 0.15) is 0 Å². The zero-order valence-electron chi connectivity index (χ0n) is 11.1. The number of phenolic OH excluding ortho intramolecular Hbond substituents is 2. The van der Waals surface area contributed by atoms with E-state index in [1.54, 1.807) is 19.2 Å². The van der Waals surface area contributed by atoms with Crippen LogP contribution >= 0.6 is 0 Å². The number of hydrogen-bond donors (Lipinski definition) is 3. The van der Waals surface area contributed by atoms with E-state index in [9.17, 15) is 15.0 Å². The van der Waals surface area contributed by atoms with Crippen molar-refractivity contribution < 1.29 is 15.0 Å². The van der Waals surface area contributed by atoms with Crippen molar-refractivity contribution in [1.82, 2.24) is 4.90 Å². The first-order valence-corrected chi connectivity index (χ1v) is 6.09. The molecule has 0 heterocycles. The van der Waals surface area contributed by atoms with Crippen molar-refractivity contribution in [3.63, 3.8) is 0 Å². The van der Waals surface area contributed by atoms with Gasteiger partial charge in [-0.3, -0.25) is 4.79 Å². The predicted octanol–water partition coefficient (Wildman–Crippen LogP) is 1.95. The highest BCUT2D eigenvalue weighted by Gasteiger charge is 2.14. The van der Waals surface area contributed by atoms with E-state index in [1.807, 2.05) is 12.1 Å². The van der Waals surface area contributed by atoms with Gasteiger partial charge in [-0.2, -0.15) is 0 Å². The quantitative estimate of drug-likeness (QED) is 0.588. The Hall–Kier alpha value is -2.69. The van der Waals surface area contributed by atoms with E-state index < -0.39 is 0 Å². The highest BCUT2D eigenvalue weighted by Crippen LogP contribution is 2.25. The zero-order valence-corrected chi connectivity index (χ0v) is 11.1. The number of benzene rings is 2. The Morgan fingerprint density at radius 2 is 1.90 bits per heavy atom. The summed E-state index contributed by atoms with van der Waals surface area (Å²) in [5.41, 5.74) is 7.57. The van der Waals surface area contributed by atoms with Crippen molar-refractivity contribution in [2.45, 2.75) is 6.54 Å². The molecular weight excluding hydrogens is 256 g/mol. The molecule has 0 bridgehead atoms. The monoisotopic (exact) mass is 272 g/mol. The highest BCUT2D eigenvalue weighted by atomic mass is 16.3. The number of nitrogen functional groups attached to an aromatic ring is 1. The van der Waals surface area contributed by atoms with Crippen LogP contribution in [0, 0.1) is 0 Å². The van der Waals surface area contributed by atoms with E-state index in [2.05, 4.69) is 0 Å². The molecule has 0 aliphatic rings. The topological polar surface area (TPSA) is 86.8 Å². The van der Waals surface area contributed by atoms with Gasteiger partial charge in [-0.1, -0.05) is 12.1 Å². The van der Waals surface area contributed by atoms with Crippen molar-refractivity contribution in [3.05, 3.63) is 53.6 Å². The highest BCUT2D eigenvalue weighted by molar-refractivity contribution is 5.94. The minimum atomic E-state index is -0.312. The Morgan fingerprint density at radius 1 is 1.15 bits per heavy atom. The summed E-state index contributed by atoms with van der Waals surface area (Å²) in [5.74, 6) is -0.809. The fraction of sp³-hybridized carbons (Fsp3) is 0.133. The number of rotatable bonds is 3. The Morgan fingerprint density at radius 3 is 2.55 bits per heavy atom. The van der Waals surface area contributed by atoms with Crippen LogP contribution in [0.4, 0.5) is 5.69 Å². The molecule has 1 amide bonds. The van der Waals surface area contributed by atoms with Crippen LogP contribution < -0.4 is 5.73 Å². The SMILES string of the molecule is CN(Cc1cccc(N)c1)C(=O)c1ccc(O)c(O)c1. The lowest BCUT2D eigenvalue weighted by Gasteiger charge is -2.17. The molecule has 5 heteroatoms. The molecule has 0 fully saturated rings. The fourth-order valence-corrected chi connectivity index (χ4v) is 1.91. The molecule has 2 aromatic carbocycles. The number of anilines is 1. The van der Waals surface area contributed by atoms with Crippen LogP contribution in [0.1, 0.15) is 15.9 Å². The maximum Gasteiger partial charge on any atom is 0.254 e. The smallest absolute Gasteiger partial charge is 0.254 e. The van der Waals surface area contributed by atoms with Crippen LogP contribution in [0.3, 0.4) is 0 Å². The molecule has 2 aromatic rings. The molecule has 5 nitrogen and oxygen atoms in total. The zero-order chi connectivity index (χ0) is 14.7. The van der Waals surface area contributed by atoms with Crippen molar-refractivity contribution in [1.29, 1.82) is 0 Å². The second-order valence-electron chi connectivity index (χ2n) is 4.61. The summed E-state index contributed by atoms with van der Waals surface area (Å²) in [7, 11) is 1.66. The maximum absolute atomic E-state index is 12.2. The fourth-order valence-electron chi connectivity index (χ4n) is 1.91. The predicted molar refractivity (Wildman–Crippen MR) is 76.4 cm³/mol. The minimum Gasteiger partial charge on any atom is -0.504 e. The molecule has 0 unspecified atom stereocenters. The van der Waals surface area contributed by atoms with Gasteiger partial charge in [-0.25, -0.2) is 0 Å². The molecule has 0 aliphatic carbocycles. The molecule has 0 radical (unpaired) electrons. The molecule has 0 spiro atoms. The van der Waals surface area contributed by atoms with Gasteiger partial charge in [-0.15, -0.1) is 0 Å². The van der Waals surface area contributed by atoms with Gasteiger partial charge in [-0.05, 0) is 35.9 Å². The van der Waals surface area contributed by atoms with E-state index in [0.717, 1.165) is 5.56 Å². The van der Waals surface area contributed by atoms with Gasteiger partial charge in [0.25, 0.3) is 5.91 Å². The van der Waals surface area contributed by atoms with Crippen LogP contribution in [0.25, 0.3) is 0 Å². The van der Waals surface area contributed by atoms with Gasteiger partial charge >= 0.3 is 0 Å². The maximum atomic E-state index is 12.2. The first-order chi connectivity index (χ1) is 9.47. The lowest BCUT2D eigenvalue weighted by molar-refractivity contribution is 0.0784. The average molecular weight is 272 g/mol. The van der Waals surface area contributed by atoms with E-state index in [-0.39, 0.29) is 17.4 Å². The molecular formula is C15H16N2O3. The van der Waals surface area contributed by atoms with E-state index in [4.69, 9.17) is 5.73 Å². The van der Waals surface area contributed by atoms with E-state index in [1.165, 1.54) is 23.1 Å². The van der Waals surface area contributed by atoms with Gasteiger partial charge in [0, 0.05) is 24.8 Å². The molecule has 4 N–H and O–H groups in total. The number of nitrogens with two attached hydrogens (primary N) is 1. The number of phenols is 2. The third kappa shape index (κ3) is 3.00. The van der Waals surface area contributed by atoms with Gasteiger partial charge in [0.2, 0.25) is 0 Å². The van der Waals surface area contributed by atoms with Gasteiger partial charge in [0.15, 0.2) is 11.5 Å². The number of nitrogens with zero attached hydrogens (tertiary/aromatic N) is 1. The normalized spacial score (nSPS) is 10.2. The Labute approximate surface area is 116 Å². The lowest BCUT2D eigenvalue weighted by Crippen LogP contribution is -2.26. The molecule has 20 heavy (non-hydrogen) atoms. The van der Waals surface area contributed by atoms with Crippen LogP contribution in [-0.4, -0.2) is 28.1 Å². The third-order valence-corrected chi connectivity index (χ3v) is 2.94. The molecule has 0 atom stereocenters. The van der Waals surface area contributed by atoms with E-state index >= 15 is 0 Å². The summed E-state index contributed by atoms with van der Waals surface area (Å²) in [4.78, 5) is 13.7. The summed E-state index contributed by atoms with van der Waals surface area (Å²) < 4.78 is 0. The van der Waals surface area contributed by atoms with Crippen LogP contribution in [0.5, 0.6) is 11.5 Å². The summed E-state index contributed by atoms with van der Waals surface area (Å²) in [6, 6.07) is 11.3. The van der Waals surface area contributed by atoms with E-state index in [0.29, 0.717) is 17.8 Å². The number of hydrogen-bond acceptors (Lipinski definition) is 4. The van der Waals surface area contributed by atoms with Crippen molar-refractivity contribution in [3.8, 4) is 11.5 Å². The summed E-state index contributed by atoms with van der Waals surface area (Å²) >= 11 is 0. The van der Waals surface area contributed by atoms with Crippen molar-refractivity contribution in [2.24, 2.45) is 0 Å². The first-order valence-electron chi connectivity index (χ1n) is 6.09. The largest absolute Gasteiger partial charge is 0.504 e. The standard InChI is InChI=1S/C15H16N2O3/c1-17(9-10-3-2-4-12(16)7-10)15(20)11-5-6-13(18)14(19)8-11/h2-8,18-19H,9,16H2,1H3. The second-order valence-corrected chi connectivity index (χ2v) is 4.61. The lowest BCUT2D eigenvalue weighted by atomic mass is 10.1. The number of aromatic hydroxyl groups is 2. The third-order valence-electron chi connectivity index (χ3n) is 2.94. The van der Waals surface area contributed by atoms with Crippen molar-refractivity contribution >= 4 is 11.6 Å². The molecule has 104 valence electrons. The van der Waals surface area contributed by atoms with Gasteiger partial charge in [0.05, 0.1) is 0 Å². The summed E-state index contributed by atoms with van der Waals surface area (Å²) in [5, 5.41) is 18.7. The Balaban J connectivity index is 2.14. The van der Waals surface area contributed by atoms with Crippen LogP contribution in [0.15, 0.2) is 42.5 Å². The molecule has 0 aliphatic heterocycles. The molecule has 0 saturated carbocycles.